The maximum atomic E-state index is 11.8. The van der Waals surface area contributed by atoms with Gasteiger partial charge in [0.2, 0.25) is 0 Å². The van der Waals surface area contributed by atoms with Crippen LogP contribution in [0.25, 0.3) is 0 Å². The quantitative estimate of drug-likeness (QED) is 0.466. The third-order valence-electron chi connectivity index (χ3n) is 3.46. The van der Waals surface area contributed by atoms with Crippen LogP contribution >= 0.6 is 22.9 Å². The number of hydrogen-bond donors (Lipinski definition) is 2. The SMILES string of the molecule is O=C(O[C@H]1CC[C@H](NI)CC1)[C@@H]1CCCN1. The first-order valence-electron chi connectivity index (χ1n) is 6.09. The molecule has 0 radical (unpaired) electrons. The molecule has 0 bridgehead atoms. The Morgan fingerprint density at radius 3 is 2.56 bits per heavy atom. The number of carbonyl (C=O) groups is 1. The molecule has 0 aromatic heterocycles. The largest absolute Gasteiger partial charge is 0.461 e. The fourth-order valence-corrected chi connectivity index (χ4v) is 3.04. The predicted molar refractivity (Wildman–Crippen MR) is 70.3 cm³/mol. The monoisotopic (exact) mass is 338 g/mol. The summed E-state index contributed by atoms with van der Waals surface area (Å²) in [5.41, 5.74) is 0. The van der Waals surface area contributed by atoms with Crippen LogP contribution in [-0.2, 0) is 9.53 Å². The van der Waals surface area contributed by atoms with Crippen molar-refractivity contribution in [1.29, 1.82) is 0 Å². The lowest BCUT2D eigenvalue weighted by atomic mass is 9.94. The molecular weight excluding hydrogens is 319 g/mol. The van der Waals surface area contributed by atoms with Gasteiger partial charge < -0.3 is 10.1 Å². The molecule has 2 aliphatic rings. The van der Waals surface area contributed by atoms with Crippen LogP contribution in [0.15, 0.2) is 0 Å². The molecule has 1 aliphatic heterocycles. The lowest BCUT2D eigenvalue weighted by molar-refractivity contribution is -0.152. The van der Waals surface area contributed by atoms with Gasteiger partial charge in [0.1, 0.15) is 12.1 Å². The predicted octanol–water partition coefficient (Wildman–Crippen LogP) is 1.53. The summed E-state index contributed by atoms with van der Waals surface area (Å²) in [4.78, 5) is 11.8. The Morgan fingerprint density at radius 2 is 2.00 bits per heavy atom. The van der Waals surface area contributed by atoms with E-state index in [1.54, 1.807) is 0 Å². The van der Waals surface area contributed by atoms with E-state index in [1.165, 1.54) is 0 Å². The van der Waals surface area contributed by atoms with Gasteiger partial charge >= 0.3 is 5.97 Å². The first-order chi connectivity index (χ1) is 7.79. The third kappa shape index (κ3) is 3.30. The van der Waals surface area contributed by atoms with Crippen LogP contribution in [0.2, 0.25) is 0 Å². The van der Waals surface area contributed by atoms with Crippen LogP contribution in [0, 0.1) is 0 Å². The van der Waals surface area contributed by atoms with E-state index >= 15 is 0 Å². The zero-order valence-corrected chi connectivity index (χ0v) is 11.5. The van der Waals surface area contributed by atoms with Crippen LogP contribution in [0.3, 0.4) is 0 Å². The lowest BCUT2D eigenvalue weighted by Gasteiger charge is -2.28. The minimum absolute atomic E-state index is 0.0385. The summed E-state index contributed by atoms with van der Waals surface area (Å²) >= 11 is 2.20. The van der Waals surface area contributed by atoms with Crippen molar-refractivity contribution in [2.45, 2.75) is 56.7 Å². The number of hydrogen-bond acceptors (Lipinski definition) is 4. The van der Waals surface area contributed by atoms with Crippen LogP contribution < -0.4 is 8.85 Å². The molecule has 5 heteroatoms. The summed E-state index contributed by atoms with van der Waals surface area (Å²) in [6.45, 7) is 0.950. The second kappa shape index (κ2) is 6.16. The average Bonchev–Trinajstić information content (AvgIpc) is 2.83. The molecule has 1 saturated heterocycles. The number of ether oxygens (including phenoxy) is 1. The number of esters is 1. The van der Waals surface area contributed by atoms with E-state index in [1.807, 2.05) is 0 Å². The van der Waals surface area contributed by atoms with Crippen molar-refractivity contribution in [3.8, 4) is 0 Å². The summed E-state index contributed by atoms with van der Waals surface area (Å²) in [6, 6.07) is 0.556. The molecule has 2 N–H and O–H groups in total. The van der Waals surface area contributed by atoms with E-state index in [0.29, 0.717) is 6.04 Å². The fourth-order valence-electron chi connectivity index (χ4n) is 2.42. The minimum atomic E-state index is -0.0413. The van der Waals surface area contributed by atoms with Gasteiger partial charge in [-0.25, -0.2) is 0 Å². The second-order valence-electron chi connectivity index (χ2n) is 4.67. The van der Waals surface area contributed by atoms with Gasteiger partial charge in [-0.05, 0) is 45.1 Å². The second-order valence-corrected chi connectivity index (χ2v) is 5.29. The smallest absolute Gasteiger partial charge is 0.323 e. The molecule has 2 rings (SSSR count). The van der Waals surface area contributed by atoms with Crippen molar-refractivity contribution in [1.82, 2.24) is 8.85 Å². The first-order valence-corrected chi connectivity index (χ1v) is 7.17. The van der Waals surface area contributed by atoms with E-state index < -0.39 is 0 Å². The molecule has 1 aliphatic carbocycles. The normalized spacial score (nSPS) is 34.9. The zero-order chi connectivity index (χ0) is 11.4. The summed E-state index contributed by atoms with van der Waals surface area (Å²) in [5.74, 6) is -0.0385. The van der Waals surface area contributed by atoms with Crippen molar-refractivity contribution < 1.29 is 9.53 Å². The Labute approximate surface area is 110 Å². The number of nitrogens with one attached hydrogen (secondary N) is 2. The van der Waals surface area contributed by atoms with Gasteiger partial charge in [-0.2, -0.15) is 0 Å². The van der Waals surface area contributed by atoms with Crippen molar-refractivity contribution in [2.75, 3.05) is 6.54 Å². The summed E-state index contributed by atoms with van der Waals surface area (Å²) < 4.78 is 8.79. The molecule has 0 amide bonds. The van der Waals surface area contributed by atoms with Crippen molar-refractivity contribution in [2.24, 2.45) is 0 Å². The zero-order valence-electron chi connectivity index (χ0n) is 9.38. The lowest BCUT2D eigenvalue weighted by Crippen LogP contribution is -2.37. The molecule has 0 unspecified atom stereocenters. The standard InChI is InChI=1S/C11H19IN2O2/c12-14-8-3-5-9(6-4-8)16-11(15)10-2-1-7-13-10/h8-10,13-14H,1-7H2/t8-,9-,10-/m0/s1. The molecule has 2 fully saturated rings. The maximum absolute atomic E-state index is 11.8. The Balaban J connectivity index is 1.71. The van der Waals surface area contributed by atoms with Crippen molar-refractivity contribution >= 4 is 28.8 Å². The summed E-state index contributed by atoms with van der Waals surface area (Å²) in [7, 11) is 0. The number of rotatable bonds is 3. The van der Waals surface area contributed by atoms with E-state index in [4.69, 9.17) is 4.74 Å². The summed E-state index contributed by atoms with van der Waals surface area (Å²) in [6.07, 6.45) is 6.39. The van der Waals surface area contributed by atoms with Gasteiger partial charge in [0.15, 0.2) is 0 Å². The van der Waals surface area contributed by atoms with E-state index in [2.05, 4.69) is 31.7 Å². The van der Waals surface area contributed by atoms with Gasteiger partial charge in [-0.15, -0.1) is 0 Å². The van der Waals surface area contributed by atoms with Gasteiger partial charge in [0, 0.05) is 28.9 Å². The minimum Gasteiger partial charge on any atom is -0.461 e. The van der Waals surface area contributed by atoms with E-state index in [9.17, 15) is 4.79 Å². The molecule has 1 saturated carbocycles. The highest BCUT2D eigenvalue weighted by Crippen LogP contribution is 2.22. The Kier molecular flexibility index (Phi) is 4.84. The molecule has 0 spiro atoms. The molecular formula is C11H19IN2O2. The Morgan fingerprint density at radius 1 is 1.25 bits per heavy atom. The molecule has 4 nitrogen and oxygen atoms in total. The van der Waals surface area contributed by atoms with E-state index in [-0.39, 0.29) is 18.1 Å². The maximum Gasteiger partial charge on any atom is 0.323 e. The highest BCUT2D eigenvalue weighted by Gasteiger charge is 2.28. The molecule has 92 valence electrons. The van der Waals surface area contributed by atoms with Crippen LogP contribution in [0.1, 0.15) is 38.5 Å². The number of carbonyl (C=O) groups excluding carboxylic acids is 1. The van der Waals surface area contributed by atoms with Crippen molar-refractivity contribution in [3.05, 3.63) is 0 Å². The molecule has 1 heterocycles. The van der Waals surface area contributed by atoms with Crippen LogP contribution in [-0.4, -0.2) is 30.7 Å². The van der Waals surface area contributed by atoms with Gasteiger partial charge in [-0.1, -0.05) is 0 Å². The highest BCUT2D eigenvalue weighted by atomic mass is 127. The van der Waals surface area contributed by atoms with Gasteiger partial charge in [0.05, 0.1) is 0 Å². The van der Waals surface area contributed by atoms with Crippen LogP contribution in [0.4, 0.5) is 0 Å². The molecule has 0 aromatic carbocycles. The number of halogens is 1. The van der Waals surface area contributed by atoms with Crippen molar-refractivity contribution in [3.63, 3.8) is 0 Å². The molecule has 1 atom stereocenters. The Bertz CT molecular complexity index is 236. The molecule has 16 heavy (non-hydrogen) atoms. The first kappa shape index (κ1) is 12.6. The average molecular weight is 338 g/mol. The Hall–Kier alpha value is 0.120. The van der Waals surface area contributed by atoms with Crippen LogP contribution in [0.5, 0.6) is 0 Å². The molecule has 0 aromatic rings. The highest BCUT2D eigenvalue weighted by molar-refractivity contribution is 14.1. The van der Waals surface area contributed by atoms with E-state index in [0.717, 1.165) is 45.1 Å². The summed E-state index contributed by atoms with van der Waals surface area (Å²) in [5, 5.41) is 3.18. The third-order valence-corrected chi connectivity index (χ3v) is 4.34. The van der Waals surface area contributed by atoms with Gasteiger partial charge in [0.25, 0.3) is 0 Å². The van der Waals surface area contributed by atoms with Gasteiger partial charge in [-0.3, -0.25) is 8.32 Å². The topological polar surface area (TPSA) is 50.4 Å². The fraction of sp³-hybridized carbons (Fsp3) is 0.909.